The number of morpholine rings is 1. The number of ether oxygens (including phenoxy) is 1. The van der Waals surface area contributed by atoms with Gasteiger partial charge in [-0.1, -0.05) is 0 Å². The van der Waals surface area contributed by atoms with Crippen LogP contribution in [0.25, 0.3) is 0 Å². The van der Waals surface area contributed by atoms with Gasteiger partial charge in [-0.15, -0.1) is 0 Å². The van der Waals surface area contributed by atoms with E-state index in [0.717, 1.165) is 37.6 Å². The summed E-state index contributed by atoms with van der Waals surface area (Å²) in [7, 11) is 0. The SMILES string of the molecule is C(CC1COCCN1)NCC1(C2CC2)CC1. The van der Waals surface area contributed by atoms with Crippen molar-refractivity contribution in [2.45, 2.75) is 38.1 Å². The van der Waals surface area contributed by atoms with E-state index in [9.17, 15) is 0 Å². The zero-order valence-electron chi connectivity index (χ0n) is 10.1. The van der Waals surface area contributed by atoms with Crippen LogP contribution < -0.4 is 10.6 Å². The second kappa shape index (κ2) is 4.63. The first kappa shape index (κ1) is 11.0. The highest BCUT2D eigenvalue weighted by Crippen LogP contribution is 2.60. The summed E-state index contributed by atoms with van der Waals surface area (Å²) in [4.78, 5) is 0. The molecule has 0 radical (unpaired) electrons. The molecule has 2 saturated carbocycles. The summed E-state index contributed by atoms with van der Waals surface area (Å²) in [5.74, 6) is 1.08. The van der Waals surface area contributed by atoms with E-state index in [1.165, 1.54) is 38.6 Å². The van der Waals surface area contributed by atoms with Crippen LogP contribution in [-0.4, -0.2) is 38.9 Å². The summed E-state index contributed by atoms with van der Waals surface area (Å²) in [5, 5.41) is 7.16. The molecule has 3 heteroatoms. The summed E-state index contributed by atoms with van der Waals surface area (Å²) < 4.78 is 5.45. The van der Waals surface area contributed by atoms with E-state index in [4.69, 9.17) is 4.74 Å². The molecule has 1 saturated heterocycles. The molecule has 1 atom stereocenters. The first-order valence-electron chi connectivity index (χ1n) is 6.91. The van der Waals surface area contributed by atoms with Gasteiger partial charge in [-0.25, -0.2) is 0 Å². The van der Waals surface area contributed by atoms with Crippen LogP contribution in [0.5, 0.6) is 0 Å². The molecule has 0 bridgehead atoms. The molecule has 3 rings (SSSR count). The predicted molar refractivity (Wildman–Crippen MR) is 64.5 cm³/mol. The van der Waals surface area contributed by atoms with E-state index in [1.54, 1.807) is 0 Å². The number of rotatable bonds is 6. The van der Waals surface area contributed by atoms with E-state index in [1.807, 2.05) is 0 Å². The molecule has 3 nitrogen and oxygen atoms in total. The van der Waals surface area contributed by atoms with Crippen LogP contribution in [0.2, 0.25) is 0 Å². The van der Waals surface area contributed by atoms with E-state index in [-0.39, 0.29) is 0 Å². The van der Waals surface area contributed by atoms with E-state index in [2.05, 4.69) is 10.6 Å². The molecule has 92 valence electrons. The third kappa shape index (κ3) is 2.58. The van der Waals surface area contributed by atoms with Crippen molar-refractivity contribution >= 4 is 0 Å². The molecular formula is C13H24N2O. The third-order valence-electron chi connectivity index (χ3n) is 4.48. The Hall–Kier alpha value is -0.120. The van der Waals surface area contributed by atoms with Crippen LogP contribution in [0.15, 0.2) is 0 Å². The smallest absolute Gasteiger partial charge is 0.0620 e. The lowest BCUT2D eigenvalue weighted by molar-refractivity contribution is 0.0741. The fourth-order valence-electron chi connectivity index (χ4n) is 3.00. The van der Waals surface area contributed by atoms with E-state index >= 15 is 0 Å². The first-order chi connectivity index (χ1) is 7.89. The third-order valence-corrected chi connectivity index (χ3v) is 4.48. The summed E-state index contributed by atoms with van der Waals surface area (Å²) in [6, 6.07) is 0.581. The Morgan fingerprint density at radius 2 is 2.19 bits per heavy atom. The fraction of sp³-hybridized carbons (Fsp3) is 1.00. The Morgan fingerprint density at radius 1 is 1.31 bits per heavy atom. The van der Waals surface area contributed by atoms with Gasteiger partial charge in [-0.3, -0.25) is 0 Å². The van der Waals surface area contributed by atoms with Gasteiger partial charge in [0.1, 0.15) is 0 Å². The van der Waals surface area contributed by atoms with Gasteiger partial charge in [0.2, 0.25) is 0 Å². The Balaban J connectivity index is 1.29. The summed E-state index contributed by atoms with van der Waals surface area (Å²) >= 11 is 0. The summed E-state index contributed by atoms with van der Waals surface area (Å²) in [6.07, 6.45) is 7.17. The highest BCUT2D eigenvalue weighted by molar-refractivity contribution is 5.04. The normalized spacial score (nSPS) is 32.6. The molecule has 1 unspecified atom stereocenters. The zero-order chi connectivity index (χ0) is 10.8. The molecule has 1 heterocycles. The molecule has 0 amide bonds. The first-order valence-corrected chi connectivity index (χ1v) is 6.91. The molecule has 3 fully saturated rings. The van der Waals surface area contributed by atoms with Crippen LogP contribution in [-0.2, 0) is 4.74 Å². The molecule has 0 aromatic carbocycles. The van der Waals surface area contributed by atoms with Crippen molar-refractivity contribution in [2.24, 2.45) is 11.3 Å². The van der Waals surface area contributed by atoms with E-state index < -0.39 is 0 Å². The lowest BCUT2D eigenvalue weighted by Crippen LogP contribution is -2.43. The summed E-state index contributed by atoms with van der Waals surface area (Å²) in [5.41, 5.74) is 0.747. The van der Waals surface area contributed by atoms with Gasteiger partial charge in [0.05, 0.1) is 13.2 Å². The lowest BCUT2D eigenvalue weighted by Gasteiger charge is -2.24. The average molecular weight is 224 g/mol. The van der Waals surface area contributed by atoms with Crippen LogP contribution in [0.4, 0.5) is 0 Å². The van der Waals surface area contributed by atoms with Gasteiger partial charge >= 0.3 is 0 Å². The largest absolute Gasteiger partial charge is 0.379 e. The molecule has 2 N–H and O–H groups in total. The lowest BCUT2D eigenvalue weighted by atomic mass is 10.0. The summed E-state index contributed by atoms with van der Waals surface area (Å²) in [6.45, 7) is 5.22. The second-order valence-corrected chi connectivity index (χ2v) is 5.83. The Morgan fingerprint density at radius 3 is 2.81 bits per heavy atom. The maximum absolute atomic E-state index is 5.45. The van der Waals surface area contributed by atoms with Gasteiger partial charge in [-0.2, -0.15) is 0 Å². The monoisotopic (exact) mass is 224 g/mol. The molecule has 3 aliphatic rings. The minimum absolute atomic E-state index is 0.581. The van der Waals surface area contributed by atoms with Crippen LogP contribution in [0.1, 0.15) is 32.1 Å². The molecule has 1 aliphatic heterocycles. The van der Waals surface area contributed by atoms with Crippen molar-refractivity contribution in [2.75, 3.05) is 32.8 Å². The van der Waals surface area contributed by atoms with Crippen molar-refractivity contribution < 1.29 is 4.74 Å². The number of nitrogens with one attached hydrogen (secondary N) is 2. The molecule has 0 spiro atoms. The van der Waals surface area contributed by atoms with E-state index in [0.29, 0.717) is 6.04 Å². The number of hydrogen-bond donors (Lipinski definition) is 2. The van der Waals surface area contributed by atoms with Gasteiger partial charge < -0.3 is 15.4 Å². The minimum atomic E-state index is 0.581. The Kier molecular flexibility index (Phi) is 3.18. The van der Waals surface area contributed by atoms with Gasteiger partial charge in [0.25, 0.3) is 0 Å². The standard InChI is InChI=1S/C13H24N2O/c1-2-11(1)13(4-5-13)10-14-6-3-12-9-16-8-7-15-12/h11-12,14-15H,1-10H2. The maximum atomic E-state index is 5.45. The molecule has 0 aromatic rings. The van der Waals surface area contributed by atoms with Gasteiger partial charge in [0.15, 0.2) is 0 Å². The van der Waals surface area contributed by atoms with Crippen LogP contribution in [0.3, 0.4) is 0 Å². The van der Waals surface area contributed by atoms with Crippen molar-refractivity contribution in [3.63, 3.8) is 0 Å². The predicted octanol–water partition coefficient (Wildman–Crippen LogP) is 1.14. The van der Waals surface area contributed by atoms with Crippen molar-refractivity contribution in [1.82, 2.24) is 10.6 Å². The average Bonchev–Trinajstić information content (AvgIpc) is 3.17. The molecule has 0 aromatic heterocycles. The molecule has 16 heavy (non-hydrogen) atoms. The van der Waals surface area contributed by atoms with Gasteiger partial charge in [0, 0.05) is 19.1 Å². The fourth-order valence-corrected chi connectivity index (χ4v) is 3.00. The molecule has 2 aliphatic carbocycles. The Labute approximate surface area is 98.3 Å². The Bertz CT molecular complexity index is 230. The maximum Gasteiger partial charge on any atom is 0.0620 e. The molecular weight excluding hydrogens is 200 g/mol. The minimum Gasteiger partial charge on any atom is -0.379 e. The highest BCUT2D eigenvalue weighted by atomic mass is 16.5. The quantitative estimate of drug-likeness (QED) is 0.664. The topological polar surface area (TPSA) is 33.3 Å². The highest BCUT2D eigenvalue weighted by Gasteiger charge is 2.53. The second-order valence-electron chi connectivity index (χ2n) is 5.83. The van der Waals surface area contributed by atoms with Crippen LogP contribution >= 0.6 is 0 Å². The van der Waals surface area contributed by atoms with Crippen molar-refractivity contribution in [1.29, 1.82) is 0 Å². The van der Waals surface area contributed by atoms with Crippen molar-refractivity contribution in [3.8, 4) is 0 Å². The van der Waals surface area contributed by atoms with Crippen LogP contribution in [0, 0.1) is 11.3 Å². The zero-order valence-corrected chi connectivity index (χ0v) is 10.1. The van der Waals surface area contributed by atoms with Crippen molar-refractivity contribution in [3.05, 3.63) is 0 Å². The number of hydrogen-bond acceptors (Lipinski definition) is 3. The van der Waals surface area contributed by atoms with Gasteiger partial charge in [-0.05, 0) is 50.0 Å².